The van der Waals surface area contributed by atoms with Crippen molar-refractivity contribution in [3.05, 3.63) is 63.9 Å². The monoisotopic (exact) mass is 429 g/mol. The van der Waals surface area contributed by atoms with E-state index >= 15 is 0 Å². The maximum absolute atomic E-state index is 13.4. The molecular formula is C23H24ClNO3S. The second-order valence-corrected chi connectivity index (χ2v) is 8.98. The van der Waals surface area contributed by atoms with Gasteiger partial charge in [0.15, 0.2) is 0 Å². The van der Waals surface area contributed by atoms with Crippen molar-refractivity contribution < 1.29 is 14.0 Å². The van der Waals surface area contributed by atoms with E-state index in [0.29, 0.717) is 21.3 Å². The number of hydrogen-bond donors (Lipinski definition) is 0. The Morgan fingerprint density at radius 3 is 2.31 bits per heavy atom. The summed E-state index contributed by atoms with van der Waals surface area (Å²) < 4.78 is 5.41. The van der Waals surface area contributed by atoms with E-state index in [1.807, 2.05) is 24.3 Å². The second-order valence-electron chi connectivity index (χ2n) is 7.56. The Hall–Kier alpha value is -1.98. The van der Waals surface area contributed by atoms with E-state index in [4.69, 9.17) is 16.0 Å². The largest absolute Gasteiger partial charge is 0.468 e. The van der Waals surface area contributed by atoms with Gasteiger partial charge in [-0.2, -0.15) is 0 Å². The number of amides is 2. The highest BCUT2D eigenvalue weighted by Crippen LogP contribution is 2.40. The van der Waals surface area contributed by atoms with Crippen molar-refractivity contribution in [2.24, 2.45) is 0 Å². The summed E-state index contributed by atoms with van der Waals surface area (Å²) in [6.45, 7) is 0. The number of imide groups is 1. The first kappa shape index (κ1) is 20.3. The fraction of sp³-hybridized carbons (Fsp3) is 0.391. The molecule has 1 aliphatic heterocycles. The van der Waals surface area contributed by atoms with Crippen LogP contribution in [0.5, 0.6) is 0 Å². The molecule has 0 radical (unpaired) electrons. The standard InChI is InChI=1S/C23H24ClNO3S/c24-17-12-10-16(11-13-17)20-21(29-15-19-9-6-14-28-19)23(27)25(22(20)26)18-7-4-2-1-3-5-8-18/h6,9-14,18H,1-5,7-8,15H2. The third-order valence-electron chi connectivity index (χ3n) is 5.58. The number of rotatable bonds is 5. The summed E-state index contributed by atoms with van der Waals surface area (Å²) >= 11 is 7.42. The molecular weight excluding hydrogens is 406 g/mol. The van der Waals surface area contributed by atoms with Gasteiger partial charge in [0.25, 0.3) is 11.8 Å². The molecule has 2 heterocycles. The Bertz CT molecular complexity index is 897. The lowest BCUT2D eigenvalue weighted by Gasteiger charge is -2.28. The number of furan rings is 1. The molecule has 0 bridgehead atoms. The van der Waals surface area contributed by atoms with Gasteiger partial charge in [-0.3, -0.25) is 14.5 Å². The van der Waals surface area contributed by atoms with Crippen molar-refractivity contribution in [2.75, 3.05) is 0 Å². The minimum absolute atomic E-state index is 0.0145. The number of carbonyl (C=O) groups excluding carboxylic acids is 2. The van der Waals surface area contributed by atoms with Crippen molar-refractivity contribution in [2.45, 2.75) is 56.7 Å². The quantitative estimate of drug-likeness (QED) is 0.542. The molecule has 2 amide bonds. The van der Waals surface area contributed by atoms with Crippen LogP contribution in [0.15, 0.2) is 52.0 Å². The summed E-state index contributed by atoms with van der Waals surface area (Å²) in [6, 6.07) is 10.8. The van der Waals surface area contributed by atoms with E-state index in [2.05, 4.69) is 0 Å². The average Bonchev–Trinajstić information content (AvgIpc) is 3.28. The van der Waals surface area contributed by atoms with Crippen molar-refractivity contribution >= 4 is 40.8 Å². The fourth-order valence-electron chi connectivity index (χ4n) is 4.09. The number of halogens is 1. The lowest BCUT2D eigenvalue weighted by Crippen LogP contribution is -2.41. The third kappa shape index (κ3) is 4.46. The normalized spacial score (nSPS) is 19.0. The Kier molecular flexibility index (Phi) is 6.46. The van der Waals surface area contributed by atoms with Crippen molar-refractivity contribution in [1.29, 1.82) is 0 Å². The highest BCUT2D eigenvalue weighted by Gasteiger charge is 2.42. The van der Waals surface area contributed by atoms with E-state index in [1.54, 1.807) is 18.4 Å². The van der Waals surface area contributed by atoms with Crippen LogP contribution in [-0.4, -0.2) is 22.8 Å². The molecule has 152 valence electrons. The van der Waals surface area contributed by atoms with Crippen molar-refractivity contribution in [3.8, 4) is 0 Å². The Balaban J connectivity index is 1.65. The molecule has 0 spiro atoms. The van der Waals surface area contributed by atoms with Gasteiger partial charge in [0.2, 0.25) is 0 Å². The van der Waals surface area contributed by atoms with Gasteiger partial charge in [-0.1, -0.05) is 55.8 Å². The zero-order chi connectivity index (χ0) is 20.2. The molecule has 0 atom stereocenters. The molecule has 2 aromatic rings. The van der Waals surface area contributed by atoms with Gasteiger partial charge in [0.1, 0.15) is 5.76 Å². The van der Waals surface area contributed by atoms with Gasteiger partial charge in [-0.25, -0.2) is 0 Å². The maximum Gasteiger partial charge on any atom is 0.268 e. The highest BCUT2D eigenvalue weighted by atomic mass is 35.5. The van der Waals surface area contributed by atoms with Crippen LogP contribution >= 0.6 is 23.4 Å². The van der Waals surface area contributed by atoms with Gasteiger partial charge in [-0.05, 0) is 42.7 Å². The molecule has 1 aromatic carbocycles. The zero-order valence-corrected chi connectivity index (χ0v) is 17.8. The van der Waals surface area contributed by atoms with E-state index in [-0.39, 0.29) is 17.9 Å². The van der Waals surface area contributed by atoms with E-state index in [0.717, 1.165) is 37.0 Å². The summed E-state index contributed by atoms with van der Waals surface area (Å²) in [7, 11) is 0. The minimum Gasteiger partial charge on any atom is -0.468 e. The maximum atomic E-state index is 13.4. The van der Waals surface area contributed by atoms with Gasteiger partial charge >= 0.3 is 0 Å². The van der Waals surface area contributed by atoms with Crippen LogP contribution in [0.25, 0.3) is 5.57 Å². The van der Waals surface area contributed by atoms with Gasteiger partial charge in [-0.15, -0.1) is 11.8 Å². The lowest BCUT2D eigenvalue weighted by molar-refractivity contribution is -0.139. The van der Waals surface area contributed by atoms with Crippen LogP contribution in [0.4, 0.5) is 0 Å². The van der Waals surface area contributed by atoms with E-state index < -0.39 is 0 Å². The summed E-state index contributed by atoms with van der Waals surface area (Å²) in [5, 5.41) is 0.604. The smallest absolute Gasteiger partial charge is 0.268 e. The van der Waals surface area contributed by atoms with Gasteiger partial charge in [0.05, 0.1) is 22.5 Å². The van der Waals surface area contributed by atoms with Gasteiger partial charge < -0.3 is 4.42 Å². The lowest BCUT2D eigenvalue weighted by atomic mass is 9.95. The van der Waals surface area contributed by atoms with E-state index in [9.17, 15) is 9.59 Å². The second kappa shape index (κ2) is 9.23. The fourth-order valence-corrected chi connectivity index (χ4v) is 5.24. The molecule has 29 heavy (non-hydrogen) atoms. The van der Waals surface area contributed by atoms with E-state index in [1.165, 1.54) is 35.9 Å². The van der Waals surface area contributed by atoms with Crippen LogP contribution in [0, 0.1) is 0 Å². The van der Waals surface area contributed by atoms with Crippen LogP contribution in [0.3, 0.4) is 0 Å². The number of carbonyl (C=O) groups is 2. The molecule has 0 N–H and O–H groups in total. The first-order valence-electron chi connectivity index (χ1n) is 10.2. The molecule has 0 saturated heterocycles. The molecule has 2 aliphatic rings. The first-order valence-corrected chi connectivity index (χ1v) is 11.5. The zero-order valence-electron chi connectivity index (χ0n) is 16.2. The van der Waals surface area contributed by atoms with Crippen LogP contribution in [0.1, 0.15) is 56.3 Å². The summed E-state index contributed by atoms with van der Waals surface area (Å²) in [4.78, 5) is 28.9. The minimum atomic E-state index is -0.176. The van der Waals surface area contributed by atoms with Crippen molar-refractivity contribution in [3.63, 3.8) is 0 Å². The molecule has 1 fully saturated rings. The molecule has 1 aliphatic carbocycles. The first-order chi connectivity index (χ1) is 14.1. The predicted molar refractivity (Wildman–Crippen MR) is 116 cm³/mol. The average molecular weight is 430 g/mol. The third-order valence-corrected chi connectivity index (χ3v) is 6.93. The van der Waals surface area contributed by atoms with Gasteiger partial charge in [0, 0.05) is 11.1 Å². The highest BCUT2D eigenvalue weighted by molar-refractivity contribution is 8.03. The summed E-state index contributed by atoms with van der Waals surface area (Å²) in [6.07, 6.45) is 9.11. The predicted octanol–water partition coefficient (Wildman–Crippen LogP) is 6.06. The number of benzene rings is 1. The molecule has 1 aromatic heterocycles. The summed E-state index contributed by atoms with van der Waals surface area (Å²) in [5.41, 5.74) is 1.23. The molecule has 0 unspecified atom stereocenters. The van der Waals surface area contributed by atoms with Crippen LogP contribution < -0.4 is 0 Å². The number of hydrogen-bond acceptors (Lipinski definition) is 4. The SMILES string of the molecule is O=C1C(SCc2ccco2)=C(c2ccc(Cl)cc2)C(=O)N1C1CCCCCCC1. The molecule has 1 saturated carbocycles. The Morgan fingerprint density at radius 1 is 0.966 bits per heavy atom. The summed E-state index contributed by atoms with van der Waals surface area (Å²) in [5.74, 6) is 0.950. The van der Waals surface area contributed by atoms with Crippen molar-refractivity contribution in [1.82, 2.24) is 4.90 Å². The molecule has 4 rings (SSSR count). The Morgan fingerprint density at radius 2 is 1.66 bits per heavy atom. The molecule has 6 heteroatoms. The Labute approximate surface area is 180 Å². The van der Waals surface area contributed by atoms with Crippen LogP contribution in [0.2, 0.25) is 5.02 Å². The molecule has 4 nitrogen and oxygen atoms in total. The van der Waals surface area contributed by atoms with Crippen LogP contribution in [-0.2, 0) is 15.3 Å². The topological polar surface area (TPSA) is 50.5 Å². The number of thioether (sulfide) groups is 1. The number of nitrogens with zero attached hydrogens (tertiary/aromatic N) is 1.